The number of hydrogen-bond acceptors (Lipinski definition) is 3. The van der Waals surface area contributed by atoms with E-state index >= 15 is 0 Å². The monoisotopic (exact) mass is 185 g/mol. The number of amides is 1. The van der Waals surface area contributed by atoms with Gasteiger partial charge in [0.15, 0.2) is 0 Å². The fourth-order valence-electron chi connectivity index (χ4n) is 1.44. The topological polar surface area (TPSA) is 72.3 Å². The molecule has 0 heterocycles. The minimum absolute atomic E-state index is 0.435. The second-order valence-electron chi connectivity index (χ2n) is 4.42. The lowest BCUT2D eigenvalue weighted by atomic mass is 10.0. The molecular formula is C9H19N3O. The summed E-state index contributed by atoms with van der Waals surface area (Å²) in [4.78, 5) is 13.0. The van der Waals surface area contributed by atoms with Crippen molar-refractivity contribution in [1.82, 2.24) is 4.90 Å². The molecule has 4 nitrogen and oxygen atoms in total. The molecule has 1 atom stereocenters. The number of likely N-dealkylation sites (N-methyl/N-ethyl adjacent to an activating group) is 1. The lowest BCUT2D eigenvalue weighted by Crippen LogP contribution is -2.56. The zero-order valence-electron chi connectivity index (χ0n) is 8.42. The van der Waals surface area contributed by atoms with E-state index in [0.717, 1.165) is 12.5 Å². The molecule has 0 aromatic rings. The molecule has 1 rings (SSSR count). The summed E-state index contributed by atoms with van der Waals surface area (Å²) in [7, 11) is 1.98. The Hall–Kier alpha value is -0.610. The first kappa shape index (κ1) is 10.5. The molecule has 76 valence electrons. The second kappa shape index (κ2) is 3.64. The van der Waals surface area contributed by atoms with Crippen molar-refractivity contribution < 1.29 is 4.79 Å². The first-order valence-electron chi connectivity index (χ1n) is 4.69. The summed E-state index contributed by atoms with van der Waals surface area (Å²) in [5.41, 5.74) is 10.0. The summed E-state index contributed by atoms with van der Waals surface area (Å²) in [5.74, 6) is 0.379. The number of carbonyl (C=O) groups excluding carboxylic acids is 1. The third-order valence-corrected chi connectivity index (χ3v) is 2.43. The van der Waals surface area contributed by atoms with Crippen molar-refractivity contribution in [3.63, 3.8) is 0 Å². The van der Waals surface area contributed by atoms with E-state index in [4.69, 9.17) is 11.5 Å². The van der Waals surface area contributed by atoms with Crippen LogP contribution in [0.5, 0.6) is 0 Å². The van der Waals surface area contributed by atoms with E-state index in [1.807, 2.05) is 7.05 Å². The van der Waals surface area contributed by atoms with E-state index in [-0.39, 0.29) is 0 Å². The maximum absolute atomic E-state index is 10.9. The van der Waals surface area contributed by atoms with E-state index in [1.54, 1.807) is 6.92 Å². The number of nitrogens with zero attached hydrogens (tertiary/aromatic N) is 1. The Balaban J connectivity index is 2.32. The molecule has 0 spiro atoms. The van der Waals surface area contributed by atoms with Gasteiger partial charge < -0.3 is 16.4 Å². The number of nitrogens with two attached hydrogens (primary N) is 2. The maximum Gasteiger partial charge on any atom is 0.238 e. The normalized spacial score (nSPS) is 21.5. The molecule has 0 aromatic carbocycles. The molecule has 4 heteroatoms. The molecule has 1 unspecified atom stereocenters. The van der Waals surface area contributed by atoms with Gasteiger partial charge in [-0.2, -0.15) is 0 Å². The highest BCUT2D eigenvalue weighted by atomic mass is 16.1. The summed E-state index contributed by atoms with van der Waals surface area (Å²) in [5, 5.41) is 0. The summed E-state index contributed by atoms with van der Waals surface area (Å²) >= 11 is 0. The van der Waals surface area contributed by atoms with Gasteiger partial charge >= 0.3 is 0 Å². The van der Waals surface area contributed by atoms with E-state index in [9.17, 15) is 4.79 Å². The predicted molar refractivity (Wildman–Crippen MR) is 52.0 cm³/mol. The molecule has 0 aliphatic heterocycles. The van der Waals surface area contributed by atoms with Gasteiger partial charge in [-0.15, -0.1) is 0 Å². The smallest absolute Gasteiger partial charge is 0.238 e. The molecule has 13 heavy (non-hydrogen) atoms. The van der Waals surface area contributed by atoms with Gasteiger partial charge in [0.05, 0.1) is 0 Å². The highest BCUT2D eigenvalue weighted by Crippen LogP contribution is 2.29. The average Bonchev–Trinajstić information content (AvgIpc) is 2.69. The fourth-order valence-corrected chi connectivity index (χ4v) is 1.44. The molecule has 4 N–H and O–H groups in total. The molecular weight excluding hydrogens is 166 g/mol. The van der Waals surface area contributed by atoms with Gasteiger partial charge in [0.1, 0.15) is 5.54 Å². The van der Waals surface area contributed by atoms with Crippen LogP contribution in [0.15, 0.2) is 0 Å². The van der Waals surface area contributed by atoms with Gasteiger partial charge in [-0.3, -0.25) is 4.79 Å². The van der Waals surface area contributed by atoms with Crippen molar-refractivity contribution in [2.24, 2.45) is 17.4 Å². The quantitative estimate of drug-likeness (QED) is 0.608. The van der Waals surface area contributed by atoms with E-state index in [1.165, 1.54) is 12.8 Å². The average molecular weight is 185 g/mol. The molecule has 1 aliphatic rings. The Morgan fingerprint density at radius 2 is 2.15 bits per heavy atom. The predicted octanol–water partition coefficient (Wildman–Crippen LogP) is -0.469. The van der Waals surface area contributed by atoms with Crippen molar-refractivity contribution in [1.29, 1.82) is 0 Å². The highest BCUT2D eigenvalue weighted by molar-refractivity contribution is 5.84. The maximum atomic E-state index is 10.9. The second-order valence-corrected chi connectivity index (χ2v) is 4.42. The van der Waals surface area contributed by atoms with Crippen LogP contribution in [0.1, 0.15) is 19.8 Å². The van der Waals surface area contributed by atoms with Crippen LogP contribution >= 0.6 is 0 Å². The van der Waals surface area contributed by atoms with E-state index in [2.05, 4.69) is 4.90 Å². The minimum Gasteiger partial charge on any atom is -0.368 e. The van der Waals surface area contributed by atoms with Gasteiger partial charge in [0.25, 0.3) is 0 Å². The zero-order chi connectivity index (χ0) is 10.1. The molecule has 0 aromatic heterocycles. The summed E-state index contributed by atoms with van der Waals surface area (Å²) in [6.07, 6.45) is 2.62. The van der Waals surface area contributed by atoms with Crippen LogP contribution < -0.4 is 11.5 Å². The minimum atomic E-state index is -0.899. The van der Waals surface area contributed by atoms with Crippen molar-refractivity contribution in [2.45, 2.75) is 25.3 Å². The molecule has 1 fully saturated rings. The number of rotatable bonds is 5. The van der Waals surface area contributed by atoms with Crippen LogP contribution in [0.25, 0.3) is 0 Å². The Bertz CT molecular complexity index is 199. The highest BCUT2D eigenvalue weighted by Gasteiger charge is 2.30. The van der Waals surface area contributed by atoms with E-state index in [0.29, 0.717) is 6.54 Å². The zero-order valence-corrected chi connectivity index (χ0v) is 8.42. The van der Waals surface area contributed by atoms with Crippen molar-refractivity contribution in [2.75, 3.05) is 20.1 Å². The Kier molecular flexibility index (Phi) is 2.93. The van der Waals surface area contributed by atoms with E-state index < -0.39 is 11.4 Å². The van der Waals surface area contributed by atoms with Gasteiger partial charge in [-0.25, -0.2) is 0 Å². The van der Waals surface area contributed by atoms with Gasteiger partial charge in [-0.05, 0) is 32.7 Å². The lowest BCUT2D eigenvalue weighted by Gasteiger charge is -2.27. The molecule has 1 amide bonds. The molecule has 1 saturated carbocycles. The largest absolute Gasteiger partial charge is 0.368 e. The Morgan fingerprint density at radius 1 is 1.62 bits per heavy atom. The van der Waals surface area contributed by atoms with Crippen molar-refractivity contribution in [3.05, 3.63) is 0 Å². The first-order chi connectivity index (χ1) is 5.92. The van der Waals surface area contributed by atoms with Crippen LogP contribution in [-0.2, 0) is 4.79 Å². The fraction of sp³-hybridized carbons (Fsp3) is 0.889. The van der Waals surface area contributed by atoms with Crippen molar-refractivity contribution >= 4 is 5.91 Å². The van der Waals surface area contributed by atoms with Gasteiger partial charge in [0.2, 0.25) is 5.91 Å². The van der Waals surface area contributed by atoms with Gasteiger partial charge in [-0.1, -0.05) is 0 Å². The SMILES string of the molecule is CN(CC1CC1)CC(C)(N)C(N)=O. The van der Waals surface area contributed by atoms with Gasteiger partial charge in [0, 0.05) is 13.1 Å². The van der Waals surface area contributed by atoms with Crippen LogP contribution in [0.2, 0.25) is 0 Å². The summed E-state index contributed by atoms with van der Waals surface area (Å²) in [6, 6.07) is 0. The van der Waals surface area contributed by atoms with Crippen LogP contribution in [0.3, 0.4) is 0 Å². The van der Waals surface area contributed by atoms with Crippen molar-refractivity contribution in [3.8, 4) is 0 Å². The van der Waals surface area contributed by atoms with Crippen LogP contribution in [0, 0.1) is 5.92 Å². The Morgan fingerprint density at radius 3 is 2.54 bits per heavy atom. The lowest BCUT2D eigenvalue weighted by molar-refractivity contribution is -0.123. The molecule has 0 saturated heterocycles. The van der Waals surface area contributed by atoms with Crippen LogP contribution in [0.4, 0.5) is 0 Å². The number of primary amides is 1. The number of hydrogen-bond donors (Lipinski definition) is 2. The standard InChI is InChI=1S/C9H19N3O/c1-9(11,8(10)13)6-12(2)5-7-3-4-7/h7H,3-6,11H2,1-2H3,(H2,10,13). The summed E-state index contributed by atoms with van der Waals surface area (Å²) in [6.45, 7) is 3.25. The molecule has 0 bridgehead atoms. The number of carbonyl (C=O) groups is 1. The first-order valence-corrected chi connectivity index (χ1v) is 4.69. The molecule has 1 aliphatic carbocycles. The third kappa shape index (κ3) is 3.32. The third-order valence-electron chi connectivity index (χ3n) is 2.43. The van der Waals surface area contributed by atoms with Crippen LogP contribution in [-0.4, -0.2) is 36.5 Å². The summed E-state index contributed by atoms with van der Waals surface area (Å²) < 4.78 is 0. The molecule has 0 radical (unpaired) electrons. The Labute approximate surface area is 79.3 Å².